The van der Waals surface area contributed by atoms with Crippen LogP contribution in [0.1, 0.15) is 38.3 Å². The number of nitrogens with one attached hydrogen (secondary N) is 1. The largest absolute Gasteiger partial charge is 0.490 e. The molecule has 0 bridgehead atoms. The van der Waals surface area contributed by atoms with Gasteiger partial charge in [0.15, 0.2) is 11.5 Å². The van der Waals surface area contributed by atoms with Crippen LogP contribution < -0.4 is 14.8 Å². The molecule has 0 aromatic heterocycles. The van der Waals surface area contributed by atoms with Crippen LogP contribution in [0, 0.1) is 0 Å². The molecule has 2 aromatic carbocycles. The van der Waals surface area contributed by atoms with Gasteiger partial charge in [0.25, 0.3) is 0 Å². The number of rotatable bonds is 12. The summed E-state index contributed by atoms with van der Waals surface area (Å²) in [5.74, 6) is 1.20. The molecule has 6 heteroatoms. The molecular weight excluding hydrogens is 397 g/mol. The zero-order chi connectivity index (χ0) is 20.4. The Morgan fingerprint density at radius 1 is 1.04 bits per heavy atom. The van der Waals surface area contributed by atoms with Gasteiger partial charge in [-0.25, -0.2) is 0 Å². The zero-order valence-corrected chi connectivity index (χ0v) is 18.3. The van der Waals surface area contributed by atoms with Crippen LogP contribution in [0.4, 0.5) is 0 Å². The summed E-state index contributed by atoms with van der Waals surface area (Å²) in [6.07, 6.45) is 1.23. The highest BCUT2D eigenvalue weighted by Crippen LogP contribution is 2.37. The van der Waals surface area contributed by atoms with Crippen LogP contribution in [0.25, 0.3) is 0 Å². The van der Waals surface area contributed by atoms with Crippen LogP contribution in [0.5, 0.6) is 11.5 Å². The lowest BCUT2D eigenvalue weighted by Crippen LogP contribution is -2.17. The van der Waals surface area contributed by atoms with E-state index in [-0.39, 0.29) is 6.10 Å². The lowest BCUT2D eigenvalue weighted by molar-refractivity contribution is 0.0770. The summed E-state index contributed by atoms with van der Waals surface area (Å²) in [7, 11) is 0. The first-order chi connectivity index (χ1) is 13.5. The summed E-state index contributed by atoms with van der Waals surface area (Å²) in [4.78, 5) is 0. The quantitative estimate of drug-likeness (QED) is 0.431. The summed E-state index contributed by atoms with van der Waals surface area (Å²) in [5, 5.41) is 4.62. The first-order valence-electron chi connectivity index (χ1n) is 9.64. The molecule has 0 aliphatic heterocycles. The van der Waals surface area contributed by atoms with E-state index in [0.717, 1.165) is 30.7 Å². The van der Waals surface area contributed by atoms with E-state index in [1.54, 1.807) is 0 Å². The molecule has 0 saturated carbocycles. The van der Waals surface area contributed by atoms with Gasteiger partial charge in [0, 0.05) is 18.2 Å². The van der Waals surface area contributed by atoms with Crippen LogP contribution in [-0.2, 0) is 17.9 Å². The topological polar surface area (TPSA) is 39.7 Å². The Hall–Kier alpha value is -1.46. The molecule has 0 unspecified atom stereocenters. The van der Waals surface area contributed by atoms with E-state index >= 15 is 0 Å². The number of halogens is 2. The van der Waals surface area contributed by atoms with Gasteiger partial charge in [-0.15, -0.1) is 0 Å². The van der Waals surface area contributed by atoms with Crippen molar-refractivity contribution in [3.8, 4) is 11.5 Å². The van der Waals surface area contributed by atoms with Crippen molar-refractivity contribution < 1.29 is 14.2 Å². The van der Waals surface area contributed by atoms with Crippen molar-refractivity contribution in [3.05, 3.63) is 57.6 Å². The summed E-state index contributed by atoms with van der Waals surface area (Å²) < 4.78 is 17.2. The molecule has 0 radical (unpaired) electrons. The minimum Gasteiger partial charge on any atom is -0.490 e. The molecule has 0 aliphatic rings. The summed E-state index contributed by atoms with van der Waals surface area (Å²) >= 11 is 12.5. The van der Waals surface area contributed by atoms with Crippen molar-refractivity contribution in [2.45, 2.75) is 46.4 Å². The first kappa shape index (κ1) is 22.8. The van der Waals surface area contributed by atoms with Crippen molar-refractivity contribution >= 4 is 23.2 Å². The lowest BCUT2D eigenvalue weighted by atomic mass is 10.2. The summed E-state index contributed by atoms with van der Waals surface area (Å²) in [6.45, 7) is 9.26. The SMILES string of the molecule is CCOc1cc(CNCCCOC(C)C)cc(Cl)c1OCc1cccc(Cl)c1. The van der Waals surface area contributed by atoms with Crippen molar-refractivity contribution in [1.82, 2.24) is 5.32 Å². The minimum atomic E-state index is 0.270. The monoisotopic (exact) mass is 425 g/mol. The molecule has 0 atom stereocenters. The molecule has 0 fully saturated rings. The Morgan fingerprint density at radius 2 is 1.86 bits per heavy atom. The highest BCUT2D eigenvalue weighted by molar-refractivity contribution is 6.32. The second kappa shape index (κ2) is 12.2. The second-order valence-corrected chi connectivity index (χ2v) is 7.55. The van der Waals surface area contributed by atoms with Gasteiger partial charge in [0.1, 0.15) is 6.61 Å². The predicted octanol–water partition coefficient (Wildman–Crippen LogP) is 5.88. The fourth-order valence-corrected chi connectivity index (χ4v) is 3.16. The molecule has 2 rings (SSSR count). The fraction of sp³-hybridized carbons (Fsp3) is 0.455. The number of hydrogen-bond donors (Lipinski definition) is 1. The van der Waals surface area contributed by atoms with Gasteiger partial charge < -0.3 is 19.5 Å². The first-order valence-corrected chi connectivity index (χ1v) is 10.4. The number of ether oxygens (including phenoxy) is 3. The average molecular weight is 426 g/mol. The highest BCUT2D eigenvalue weighted by Gasteiger charge is 2.13. The normalized spacial score (nSPS) is 11.1. The Kier molecular flexibility index (Phi) is 9.93. The molecule has 0 aliphatic carbocycles. The standard InChI is InChI=1S/C22H29Cl2NO3/c1-4-26-21-13-18(14-25-9-6-10-27-16(2)3)12-20(24)22(21)28-15-17-7-5-8-19(23)11-17/h5,7-8,11-13,16,25H,4,6,9-10,14-15H2,1-3H3. The van der Waals surface area contributed by atoms with Gasteiger partial charge in [-0.3, -0.25) is 0 Å². The molecule has 0 heterocycles. The molecule has 2 aromatic rings. The van der Waals surface area contributed by atoms with Crippen LogP contribution in [0.15, 0.2) is 36.4 Å². The molecule has 154 valence electrons. The zero-order valence-electron chi connectivity index (χ0n) is 16.8. The molecule has 0 saturated heterocycles. The van der Waals surface area contributed by atoms with E-state index in [2.05, 4.69) is 5.32 Å². The van der Waals surface area contributed by atoms with E-state index in [9.17, 15) is 0 Å². The van der Waals surface area contributed by atoms with Crippen molar-refractivity contribution in [2.24, 2.45) is 0 Å². The predicted molar refractivity (Wildman–Crippen MR) is 116 cm³/mol. The summed E-state index contributed by atoms with van der Waals surface area (Å²) in [5.41, 5.74) is 2.02. The van der Waals surface area contributed by atoms with Crippen molar-refractivity contribution in [3.63, 3.8) is 0 Å². The van der Waals surface area contributed by atoms with Crippen molar-refractivity contribution in [2.75, 3.05) is 19.8 Å². The van der Waals surface area contributed by atoms with E-state index in [0.29, 0.717) is 41.3 Å². The summed E-state index contributed by atoms with van der Waals surface area (Å²) in [6, 6.07) is 11.4. The van der Waals surface area contributed by atoms with Crippen LogP contribution in [0.3, 0.4) is 0 Å². The molecule has 1 N–H and O–H groups in total. The molecule has 28 heavy (non-hydrogen) atoms. The van der Waals surface area contributed by atoms with E-state index in [1.165, 1.54) is 0 Å². The smallest absolute Gasteiger partial charge is 0.180 e. The average Bonchev–Trinajstić information content (AvgIpc) is 2.64. The molecule has 0 amide bonds. The van der Waals surface area contributed by atoms with E-state index in [4.69, 9.17) is 37.4 Å². The minimum absolute atomic E-state index is 0.270. The van der Waals surface area contributed by atoms with E-state index in [1.807, 2.05) is 57.2 Å². The highest BCUT2D eigenvalue weighted by atomic mass is 35.5. The molecule has 4 nitrogen and oxygen atoms in total. The third-order valence-electron chi connectivity index (χ3n) is 3.92. The maximum Gasteiger partial charge on any atom is 0.180 e. The van der Waals surface area contributed by atoms with Crippen LogP contribution in [-0.4, -0.2) is 25.9 Å². The van der Waals surface area contributed by atoms with Gasteiger partial charge in [-0.1, -0.05) is 35.3 Å². The van der Waals surface area contributed by atoms with Crippen LogP contribution >= 0.6 is 23.2 Å². The Labute approximate surface area is 178 Å². The third kappa shape index (κ3) is 7.88. The molecular formula is C22H29Cl2NO3. The fourth-order valence-electron chi connectivity index (χ4n) is 2.66. The number of hydrogen-bond acceptors (Lipinski definition) is 4. The van der Waals surface area contributed by atoms with Gasteiger partial charge in [0.2, 0.25) is 0 Å². The Morgan fingerprint density at radius 3 is 2.57 bits per heavy atom. The van der Waals surface area contributed by atoms with Gasteiger partial charge in [0.05, 0.1) is 17.7 Å². The maximum atomic E-state index is 6.49. The lowest BCUT2D eigenvalue weighted by Gasteiger charge is -2.16. The Balaban J connectivity index is 1.96. The molecule has 0 spiro atoms. The van der Waals surface area contributed by atoms with Crippen molar-refractivity contribution in [1.29, 1.82) is 0 Å². The Bertz CT molecular complexity index is 738. The maximum absolute atomic E-state index is 6.49. The van der Waals surface area contributed by atoms with Gasteiger partial charge >= 0.3 is 0 Å². The number of benzene rings is 2. The van der Waals surface area contributed by atoms with E-state index < -0.39 is 0 Å². The van der Waals surface area contributed by atoms with Gasteiger partial charge in [-0.05, 0) is 69.1 Å². The third-order valence-corrected chi connectivity index (χ3v) is 4.44. The second-order valence-electron chi connectivity index (χ2n) is 6.71. The van der Waals surface area contributed by atoms with Gasteiger partial charge in [-0.2, -0.15) is 0 Å². The van der Waals surface area contributed by atoms with Crippen LogP contribution in [0.2, 0.25) is 10.0 Å².